The second-order valence-electron chi connectivity index (χ2n) is 5.53. The minimum Gasteiger partial charge on any atom is -0.385 e. The number of aliphatic hydroxyl groups is 1. The highest BCUT2D eigenvalue weighted by Gasteiger charge is 2.23. The zero-order valence-corrected chi connectivity index (χ0v) is 12.8. The molecule has 0 aliphatic heterocycles. The summed E-state index contributed by atoms with van der Waals surface area (Å²) >= 11 is 5.89. The molecule has 1 atom stereocenters. The van der Waals surface area contributed by atoms with E-state index in [-0.39, 0.29) is 0 Å². The maximum absolute atomic E-state index is 10.8. The van der Waals surface area contributed by atoms with Crippen molar-refractivity contribution in [3.8, 4) is 0 Å². The summed E-state index contributed by atoms with van der Waals surface area (Å²) in [5, 5.41) is 11.5. The molecule has 0 aromatic heterocycles. The van der Waals surface area contributed by atoms with E-state index >= 15 is 0 Å². The summed E-state index contributed by atoms with van der Waals surface area (Å²) in [4.78, 5) is 0. The fourth-order valence-electron chi connectivity index (χ4n) is 2.45. The van der Waals surface area contributed by atoms with Crippen LogP contribution in [0.2, 0.25) is 5.02 Å². The lowest BCUT2D eigenvalue weighted by atomic mass is 9.88. The Hall–Kier alpha value is -1.31. The smallest absolute Gasteiger partial charge is 0.0908 e. The third kappa shape index (κ3) is 3.84. The summed E-state index contributed by atoms with van der Waals surface area (Å²) in [6, 6.07) is 15.9. The lowest BCUT2D eigenvalue weighted by Gasteiger charge is -2.24. The van der Waals surface area contributed by atoms with Crippen LogP contribution in [0, 0.1) is 0 Å². The van der Waals surface area contributed by atoms with Gasteiger partial charge in [-0.3, -0.25) is 0 Å². The third-order valence-corrected chi connectivity index (χ3v) is 3.80. The molecule has 2 aromatic rings. The first-order valence-electron chi connectivity index (χ1n) is 7.07. The lowest BCUT2D eigenvalue weighted by Crippen LogP contribution is -2.24. The number of hydrogen-bond donors (Lipinski definition) is 1. The number of benzene rings is 2. The Morgan fingerprint density at radius 2 is 1.75 bits per heavy atom. The highest BCUT2D eigenvalue weighted by atomic mass is 35.5. The van der Waals surface area contributed by atoms with E-state index in [0.29, 0.717) is 6.42 Å². The van der Waals surface area contributed by atoms with Gasteiger partial charge in [-0.25, -0.2) is 0 Å². The van der Waals surface area contributed by atoms with Crippen molar-refractivity contribution in [2.24, 2.45) is 0 Å². The van der Waals surface area contributed by atoms with Gasteiger partial charge in [-0.05, 0) is 42.2 Å². The normalized spacial score (nSPS) is 14.0. The molecule has 0 fully saturated rings. The Morgan fingerprint density at radius 1 is 1.05 bits per heavy atom. The van der Waals surface area contributed by atoms with Crippen molar-refractivity contribution in [2.75, 3.05) is 0 Å². The second kappa shape index (κ2) is 6.43. The van der Waals surface area contributed by atoms with Crippen LogP contribution in [-0.2, 0) is 18.4 Å². The Morgan fingerprint density at radius 3 is 2.40 bits per heavy atom. The largest absolute Gasteiger partial charge is 0.385 e. The summed E-state index contributed by atoms with van der Waals surface area (Å²) in [6.07, 6.45) is 2.74. The van der Waals surface area contributed by atoms with Gasteiger partial charge in [0.2, 0.25) is 0 Å². The van der Waals surface area contributed by atoms with Gasteiger partial charge in [-0.15, -0.1) is 0 Å². The van der Waals surface area contributed by atoms with Crippen molar-refractivity contribution >= 4 is 11.6 Å². The van der Waals surface area contributed by atoms with E-state index in [1.807, 2.05) is 43.3 Å². The fraction of sp³-hybridized carbons (Fsp3) is 0.333. The summed E-state index contributed by atoms with van der Waals surface area (Å²) in [5.74, 6) is 0. The maximum atomic E-state index is 10.8. The van der Waals surface area contributed by atoms with Crippen molar-refractivity contribution in [1.29, 1.82) is 0 Å². The number of halogens is 1. The predicted octanol–water partition coefficient (Wildman–Crippen LogP) is 4.74. The van der Waals surface area contributed by atoms with Crippen LogP contribution >= 0.6 is 11.6 Å². The average molecular weight is 289 g/mol. The first-order chi connectivity index (χ1) is 9.51. The summed E-state index contributed by atoms with van der Waals surface area (Å²) in [7, 11) is 0. The maximum Gasteiger partial charge on any atom is 0.0908 e. The van der Waals surface area contributed by atoms with E-state index < -0.39 is 5.60 Å². The van der Waals surface area contributed by atoms with Gasteiger partial charge in [0.15, 0.2) is 0 Å². The van der Waals surface area contributed by atoms with Gasteiger partial charge < -0.3 is 5.11 Å². The van der Waals surface area contributed by atoms with Crippen LogP contribution in [0.5, 0.6) is 0 Å². The third-order valence-electron chi connectivity index (χ3n) is 3.55. The number of rotatable bonds is 5. The first-order valence-corrected chi connectivity index (χ1v) is 7.45. The van der Waals surface area contributed by atoms with Gasteiger partial charge in [0.25, 0.3) is 0 Å². The molecule has 0 aliphatic carbocycles. The summed E-state index contributed by atoms with van der Waals surface area (Å²) in [6.45, 7) is 4.03. The Bertz CT molecular complexity index is 558. The van der Waals surface area contributed by atoms with E-state index in [4.69, 9.17) is 11.6 Å². The number of hydrogen-bond acceptors (Lipinski definition) is 1. The highest BCUT2D eigenvalue weighted by molar-refractivity contribution is 6.30. The zero-order chi connectivity index (χ0) is 14.6. The molecule has 2 aromatic carbocycles. The molecule has 0 spiro atoms. The Kier molecular flexibility index (Phi) is 4.85. The molecule has 0 bridgehead atoms. The minimum absolute atomic E-state index is 0.583. The van der Waals surface area contributed by atoms with Crippen molar-refractivity contribution in [1.82, 2.24) is 0 Å². The fourth-order valence-corrected chi connectivity index (χ4v) is 2.58. The SMILES string of the molecule is CCCc1cccc(C(C)(O)Cc2ccc(Cl)cc2)c1. The highest BCUT2D eigenvalue weighted by Crippen LogP contribution is 2.27. The van der Waals surface area contributed by atoms with Crippen LogP contribution in [0.3, 0.4) is 0 Å². The summed E-state index contributed by atoms with van der Waals surface area (Å²) < 4.78 is 0. The molecule has 2 heteroatoms. The second-order valence-corrected chi connectivity index (χ2v) is 5.96. The average Bonchev–Trinajstić information content (AvgIpc) is 2.42. The van der Waals surface area contributed by atoms with E-state index in [0.717, 1.165) is 29.0 Å². The Balaban J connectivity index is 2.20. The van der Waals surface area contributed by atoms with Crippen LogP contribution in [0.4, 0.5) is 0 Å². The molecule has 0 radical (unpaired) electrons. The zero-order valence-electron chi connectivity index (χ0n) is 12.1. The van der Waals surface area contributed by atoms with Crippen LogP contribution in [0.15, 0.2) is 48.5 Å². The van der Waals surface area contributed by atoms with Crippen molar-refractivity contribution in [2.45, 2.75) is 38.7 Å². The van der Waals surface area contributed by atoms with Gasteiger partial charge >= 0.3 is 0 Å². The number of aryl methyl sites for hydroxylation is 1. The van der Waals surface area contributed by atoms with Gasteiger partial charge in [0, 0.05) is 11.4 Å². The minimum atomic E-state index is -0.864. The molecule has 0 aliphatic rings. The van der Waals surface area contributed by atoms with Crippen molar-refractivity contribution < 1.29 is 5.11 Å². The van der Waals surface area contributed by atoms with Crippen LogP contribution in [0.25, 0.3) is 0 Å². The Labute approximate surface area is 126 Å². The molecule has 1 N–H and O–H groups in total. The van der Waals surface area contributed by atoms with E-state index in [1.165, 1.54) is 5.56 Å². The molecule has 0 saturated carbocycles. The molecule has 0 saturated heterocycles. The molecular weight excluding hydrogens is 268 g/mol. The van der Waals surface area contributed by atoms with Crippen LogP contribution in [0.1, 0.15) is 37.0 Å². The molecule has 0 amide bonds. The molecule has 106 valence electrons. The lowest BCUT2D eigenvalue weighted by molar-refractivity contribution is 0.0575. The van der Waals surface area contributed by atoms with Gasteiger partial charge in [-0.1, -0.05) is 61.3 Å². The molecule has 1 unspecified atom stereocenters. The first kappa shape index (κ1) is 15.1. The van der Waals surface area contributed by atoms with Crippen LogP contribution in [-0.4, -0.2) is 5.11 Å². The molecule has 1 nitrogen and oxygen atoms in total. The molecule has 0 heterocycles. The van der Waals surface area contributed by atoms with E-state index in [1.54, 1.807) is 0 Å². The predicted molar refractivity (Wildman–Crippen MR) is 85.2 cm³/mol. The quantitative estimate of drug-likeness (QED) is 0.842. The van der Waals surface area contributed by atoms with Crippen molar-refractivity contribution in [3.05, 3.63) is 70.2 Å². The monoisotopic (exact) mass is 288 g/mol. The van der Waals surface area contributed by atoms with Gasteiger partial charge in [-0.2, -0.15) is 0 Å². The molecule has 2 rings (SSSR count). The van der Waals surface area contributed by atoms with Gasteiger partial charge in [0.1, 0.15) is 0 Å². The standard InChI is InChI=1S/C18H21ClO/c1-3-5-14-6-4-7-16(12-14)18(2,20)13-15-8-10-17(19)11-9-15/h4,6-12,20H,3,5,13H2,1-2H3. The topological polar surface area (TPSA) is 20.2 Å². The van der Waals surface area contributed by atoms with Gasteiger partial charge in [0.05, 0.1) is 5.60 Å². The molecule has 20 heavy (non-hydrogen) atoms. The van der Waals surface area contributed by atoms with E-state index in [2.05, 4.69) is 19.1 Å². The molecular formula is C18H21ClO. The summed E-state index contributed by atoms with van der Waals surface area (Å²) in [5.41, 5.74) is 2.47. The van der Waals surface area contributed by atoms with Crippen molar-refractivity contribution in [3.63, 3.8) is 0 Å². The van der Waals surface area contributed by atoms with Crippen LogP contribution < -0.4 is 0 Å². The van der Waals surface area contributed by atoms with E-state index in [9.17, 15) is 5.11 Å².